The lowest BCUT2D eigenvalue weighted by molar-refractivity contribution is -0.215. The summed E-state index contributed by atoms with van der Waals surface area (Å²) in [6, 6.07) is 9.33. The maximum absolute atomic E-state index is 9.34. The van der Waals surface area contributed by atoms with E-state index in [4.69, 9.17) is 4.84 Å². The molecule has 1 saturated heterocycles. The number of nitrogens with zero attached hydrogens (tertiary/aromatic N) is 2. The van der Waals surface area contributed by atoms with E-state index >= 15 is 0 Å². The van der Waals surface area contributed by atoms with Gasteiger partial charge in [-0.2, -0.15) is 10.3 Å². The molecule has 0 N–H and O–H groups in total. The van der Waals surface area contributed by atoms with Crippen molar-refractivity contribution in [1.82, 2.24) is 5.06 Å². The topological polar surface area (TPSA) is 36.3 Å². The van der Waals surface area contributed by atoms with E-state index in [0.717, 1.165) is 18.4 Å². The summed E-state index contributed by atoms with van der Waals surface area (Å²) in [4.78, 5) is 6.41. The first-order valence-corrected chi connectivity index (χ1v) is 9.58. The van der Waals surface area contributed by atoms with Crippen LogP contribution in [0.4, 0.5) is 0 Å². The Balaban J connectivity index is 2.01. The van der Waals surface area contributed by atoms with Crippen molar-refractivity contribution < 1.29 is 4.84 Å². The summed E-state index contributed by atoms with van der Waals surface area (Å²) in [5.74, 6) is 1.05. The van der Waals surface area contributed by atoms with Crippen LogP contribution in [0.15, 0.2) is 18.2 Å². The fraction of sp³-hybridized carbons (Fsp3) is 0.682. The van der Waals surface area contributed by atoms with Crippen LogP contribution >= 0.6 is 0 Å². The molecule has 136 valence electrons. The fourth-order valence-electron chi connectivity index (χ4n) is 5.41. The van der Waals surface area contributed by atoms with Crippen molar-refractivity contribution >= 4 is 0 Å². The van der Waals surface area contributed by atoms with Crippen LogP contribution < -0.4 is 0 Å². The fourth-order valence-corrected chi connectivity index (χ4v) is 5.41. The molecule has 0 unspecified atom stereocenters. The molecule has 0 aromatic heterocycles. The third kappa shape index (κ3) is 3.00. The van der Waals surface area contributed by atoms with Crippen LogP contribution in [0.3, 0.4) is 0 Å². The summed E-state index contributed by atoms with van der Waals surface area (Å²) in [5.41, 5.74) is 3.35. The molecule has 2 fully saturated rings. The van der Waals surface area contributed by atoms with Gasteiger partial charge < -0.3 is 0 Å². The summed E-state index contributed by atoms with van der Waals surface area (Å²) in [7, 11) is 0. The molecule has 3 rings (SSSR count). The van der Waals surface area contributed by atoms with E-state index in [-0.39, 0.29) is 11.0 Å². The Morgan fingerprint density at radius 3 is 2.52 bits per heavy atom. The Morgan fingerprint density at radius 2 is 1.92 bits per heavy atom. The standard InChI is InChI=1S/C22H32N2O/c1-14(2)24-20-16(4)11-22(7,12-19(20)21(5,6)25-24)18-10-17(13-23)9-8-15(18)3/h8-10,14,16,19-20H,11-12H2,1-7H3/t16-,19-,20-,22+/m0/s1. The van der Waals surface area contributed by atoms with E-state index in [1.807, 2.05) is 6.07 Å². The van der Waals surface area contributed by atoms with E-state index in [1.165, 1.54) is 11.1 Å². The van der Waals surface area contributed by atoms with Crippen LogP contribution in [0.25, 0.3) is 0 Å². The molecule has 25 heavy (non-hydrogen) atoms. The van der Waals surface area contributed by atoms with Gasteiger partial charge in [0.25, 0.3) is 0 Å². The molecule has 0 radical (unpaired) electrons. The summed E-state index contributed by atoms with van der Waals surface area (Å²) >= 11 is 0. The number of hydrogen-bond donors (Lipinski definition) is 0. The molecule has 1 aromatic rings. The molecule has 4 atom stereocenters. The highest BCUT2D eigenvalue weighted by Crippen LogP contribution is 2.54. The number of hydroxylamine groups is 2. The van der Waals surface area contributed by atoms with Crippen LogP contribution in [-0.4, -0.2) is 22.7 Å². The predicted molar refractivity (Wildman–Crippen MR) is 101 cm³/mol. The molecular formula is C22H32N2O. The van der Waals surface area contributed by atoms with Gasteiger partial charge in [-0.05, 0) is 82.1 Å². The van der Waals surface area contributed by atoms with Crippen molar-refractivity contribution in [2.45, 2.75) is 84.4 Å². The SMILES string of the molecule is Cc1ccc(C#N)cc1[C@]1(C)C[C@H](C)[C@H]2[C@H](C1)C(C)(C)ON2C(C)C. The molecule has 3 nitrogen and oxygen atoms in total. The number of rotatable bonds is 2. The molecule has 0 amide bonds. The van der Waals surface area contributed by atoms with Crippen LogP contribution in [0.5, 0.6) is 0 Å². The molecule has 1 saturated carbocycles. The van der Waals surface area contributed by atoms with Crippen LogP contribution in [0.2, 0.25) is 0 Å². The summed E-state index contributed by atoms with van der Waals surface area (Å²) < 4.78 is 0. The van der Waals surface area contributed by atoms with Crippen molar-refractivity contribution in [3.63, 3.8) is 0 Å². The van der Waals surface area contributed by atoms with Gasteiger partial charge >= 0.3 is 0 Å². The van der Waals surface area contributed by atoms with Crippen LogP contribution in [0.1, 0.15) is 71.1 Å². The predicted octanol–water partition coefficient (Wildman–Crippen LogP) is 4.97. The average Bonchev–Trinajstić information content (AvgIpc) is 2.79. The average molecular weight is 341 g/mol. The zero-order valence-electron chi connectivity index (χ0n) is 16.8. The summed E-state index contributed by atoms with van der Waals surface area (Å²) in [6.45, 7) is 15.9. The second kappa shape index (κ2) is 6.11. The smallest absolute Gasteiger partial charge is 0.0991 e. The van der Waals surface area contributed by atoms with Gasteiger partial charge in [-0.15, -0.1) is 0 Å². The van der Waals surface area contributed by atoms with Crippen LogP contribution in [-0.2, 0) is 10.3 Å². The van der Waals surface area contributed by atoms with E-state index < -0.39 is 0 Å². The number of aryl methyl sites for hydroxylation is 1. The minimum absolute atomic E-state index is 0.0884. The normalized spacial score (nSPS) is 34.8. The largest absolute Gasteiger partial charge is 0.292 e. The van der Waals surface area contributed by atoms with Crippen molar-refractivity contribution in [2.24, 2.45) is 11.8 Å². The number of nitriles is 1. The second-order valence-electron chi connectivity index (χ2n) is 9.33. The minimum atomic E-state index is -0.147. The van der Waals surface area contributed by atoms with Gasteiger partial charge in [-0.1, -0.05) is 19.9 Å². The Kier molecular flexibility index (Phi) is 4.50. The molecule has 0 bridgehead atoms. The molecule has 1 aliphatic heterocycles. The summed E-state index contributed by atoms with van der Waals surface area (Å²) in [5, 5.41) is 11.6. The lowest BCUT2D eigenvalue weighted by Crippen LogP contribution is -2.50. The molecule has 1 heterocycles. The molecule has 1 aliphatic carbocycles. The molecule has 1 aromatic carbocycles. The monoisotopic (exact) mass is 340 g/mol. The number of benzene rings is 1. The number of hydrogen-bond acceptors (Lipinski definition) is 3. The van der Waals surface area contributed by atoms with Gasteiger partial charge in [-0.3, -0.25) is 4.84 Å². The lowest BCUT2D eigenvalue weighted by Gasteiger charge is -2.47. The maximum Gasteiger partial charge on any atom is 0.0991 e. The van der Waals surface area contributed by atoms with E-state index in [0.29, 0.717) is 23.9 Å². The van der Waals surface area contributed by atoms with Gasteiger partial charge in [0.1, 0.15) is 0 Å². The molecule has 3 heteroatoms. The first-order chi connectivity index (χ1) is 11.6. The highest BCUT2D eigenvalue weighted by molar-refractivity contribution is 5.42. The first-order valence-electron chi connectivity index (χ1n) is 9.58. The number of fused-ring (bicyclic) bond motifs is 1. The molecule has 2 aliphatic rings. The van der Waals surface area contributed by atoms with E-state index in [9.17, 15) is 5.26 Å². The van der Waals surface area contributed by atoms with Gasteiger partial charge in [0.05, 0.1) is 17.2 Å². The minimum Gasteiger partial charge on any atom is -0.292 e. The quantitative estimate of drug-likeness (QED) is 0.762. The third-order valence-electron chi connectivity index (χ3n) is 6.49. The second-order valence-corrected chi connectivity index (χ2v) is 9.33. The van der Waals surface area contributed by atoms with Gasteiger partial charge in [0.2, 0.25) is 0 Å². The van der Waals surface area contributed by atoms with Gasteiger partial charge in [0.15, 0.2) is 0 Å². The highest BCUT2D eigenvalue weighted by Gasteiger charge is 2.57. The van der Waals surface area contributed by atoms with E-state index in [2.05, 4.69) is 71.7 Å². The third-order valence-corrected chi connectivity index (χ3v) is 6.49. The molecular weight excluding hydrogens is 308 g/mol. The van der Waals surface area contributed by atoms with Crippen molar-refractivity contribution in [1.29, 1.82) is 5.26 Å². The lowest BCUT2D eigenvalue weighted by atomic mass is 9.58. The first kappa shape index (κ1) is 18.4. The van der Waals surface area contributed by atoms with Gasteiger partial charge in [-0.25, -0.2) is 0 Å². The Labute approximate surface area is 152 Å². The Morgan fingerprint density at radius 1 is 1.24 bits per heavy atom. The molecule has 0 spiro atoms. The zero-order valence-corrected chi connectivity index (χ0v) is 16.8. The van der Waals surface area contributed by atoms with Crippen molar-refractivity contribution in [3.05, 3.63) is 34.9 Å². The zero-order chi connectivity index (χ0) is 18.6. The van der Waals surface area contributed by atoms with Gasteiger partial charge in [0, 0.05) is 18.0 Å². The van der Waals surface area contributed by atoms with Crippen molar-refractivity contribution in [3.8, 4) is 6.07 Å². The van der Waals surface area contributed by atoms with Crippen LogP contribution in [0, 0.1) is 30.1 Å². The highest BCUT2D eigenvalue weighted by atomic mass is 16.7. The summed E-state index contributed by atoms with van der Waals surface area (Å²) in [6.07, 6.45) is 2.24. The maximum atomic E-state index is 9.34. The Bertz CT molecular complexity index is 702. The van der Waals surface area contributed by atoms with E-state index in [1.54, 1.807) is 0 Å². The Hall–Kier alpha value is -1.37. The van der Waals surface area contributed by atoms with Crippen molar-refractivity contribution in [2.75, 3.05) is 0 Å².